The van der Waals surface area contributed by atoms with E-state index in [4.69, 9.17) is 0 Å². The van der Waals surface area contributed by atoms with Crippen LogP contribution in [0.5, 0.6) is 0 Å². The SMILES string of the molecule is O=C1c2cccc([Te]c3ccccc3)c2C(=O)c2c([Te]c3ccccc3)cccc21. The van der Waals surface area contributed by atoms with Gasteiger partial charge in [0.25, 0.3) is 0 Å². The van der Waals surface area contributed by atoms with Gasteiger partial charge in [0.15, 0.2) is 0 Å². The molecule has 4 aromatic rings. The van der Waals surface area contributed by atoms with Crippen LogP contribution in [0.4, 0.5) is 0 Å². The Morgan fingerprint density at radius 1 is 0.433 bits per heavy atom. The van der Waals surface area contributed by atoms with Crippen molar-refractivity contribution in [3.63, 3.8) is 0 Å². The number of fused-ring (bicyclic) bond motifs is 2. The van der Waals surface area contributed by atoms with E-state index >= 15 is 0 Å². The average molecular weight is 616 g/mol. The molecule has 0 spiro atoms. The summed E-state index contributed by atoms with van der Waals surface area (Å²) in [6.45, 7) is 0. The van der Waals surface area contributed by atoms with E-state index in [1.54, 1.807) is 12.1 Å². The summed E-state index contributed by atoms with van der Waals surface area (Å²) >= 11 is -1.52. The van der Waals surface area contributed by atoms with Crippen molar-refractivity contribution in [2.24, 2.45) is 0 Å². The molecule has 4 heteroatoms. The molecule has 0 unspecified atom stereocenters. The molecular weight excluding hydrogens is 599 g/mol. The van der Waals surface area contributed by atoms with Gasteiger partial charge in [-0.05, 0) is 0 Å². The summed E-state index contributed by atoms with van der Waals surface area (Å²) in [7, 11) is 0. The molecule has 0 radical (unpaired) electrons. The molecule has 0 fully saturated rings. The van der Waals surface area contributed by atoms with Crippen molar-refractivity contribution in [1.29, 1.82) is 0 Å². The predicted molar refractivity (Wildman–Crippen MR) is 123 cm³/mol. The fourth-order valence-corrected chi connectivity index (χ4v) is 9.28. The van der Waals surface area contributed by atoms with E-state index < -0.39 is 41.8 Å². The van der Waals surface area contributed by atoms with Gasteiger partial charge in [-0.15, -0.1) is 0 Å². The molecule has 0 aliphatic heterocycles. The number of hydrogen-bond acceptors (Lipinski definition) is 2. The molecule has 1 aliphatic carbocycles. The molecule has 30 heavy (non-hydrogen) atoms. The molecule has 0 heterocycles. The molecule has 0 atom stereocenters. The second-order valence-electron chi connectivity index (χ2n) is 6.85. The van der Waals surface area contributed by atoms with Gasteiger partial charge in [-0.1, -0.05) is 0 Å². The molecule has 144 valence electrons. The average Bonchev–Trinajstić information content (AvgIpc) is 2.79. The van der Waals surface area contributed by atoms with Gasteiger partial charge in [0.2, 0.25) is 0 Å². The van der Waals surface area contributed by atoms with E-state index in [0.717, 1.165) is 7.22 Å². The first-order valence-corrected chi connectivity index (χ1v) is 14.2. The second-order valence-corrected chi connectivity index (χ2v) is 13.2. The van der Waals surface area contributed by atoms with Gasteiger partial charge in [0, 0.05) is 0 Å². The van der Waals surface area contributed by atoms with Gasteiger partial charge in [0.1, 0.15) is 0 Å². The van der Waals surface area contributed by atoms with Crippen molar-refractivity contribution < 1.29 is 9.59 Å². The van der Waals surface area contributed by atoms with E-state index in [-0.39, 0.29) is 11.6 Å². The Labute approximate surface area is 195 Å². The molecule has 0 N–H and O–H groups in total. The third-order valence-corrected chi connectivity index (χ3v) is 11.0. The number of carbonyl (C=O) groups excluding carboxylic acids is 2. The zero-order valence-corrected chi connectivity index (χ0v) is 20.5. The Bertz CT molecular complexity index is 1170. The van der Waals surface area contributed by atoms with Crippen LogP contribution in [0, 0.1) is 0 Å². The molecule has 5 rings (SSSR count). The van der Waals surface area contributed by atoms with Crippen molar-refractivity contribution >= 4 is 67.9 Å². The molecule has 0 bridgehead atoms. The first-order chi connectivity index (χ1) is 14.7. The first kappa shape index (κ1) is 19.7. The van der Waals surface area contributed by atoms with Crippen LogP contribution in [-0.2, 0) is 0 Å². The number of hydrogen-bond donors (Lipinski definition) is 0. The van der Waals surface area contributed by atoms with Crippen LogP contribution in [0.15, 0.2) is 97.1 Å². The number of benzene rings is 4. The maximum absolute atomic E-state index is 13.8. The van der Waals surface area contributed by atoms with Crippen LogP contribution < -0.4 is 14.4 Å². The van der Waals surface area contributed by atoms with Gasteiger partial charge < -0.3 is 0 Å². The van der Waals surface area contributed by atoms with Crippen LogP contribution >= 0.6 is 0 Å². The van der Waals surface area contributed by atoms with Crippen LogP contribution in [0.25, 0.3) is 0 Å². The summed E-state index contributed by atoms with van der Waals surface area (Å²) in [5, 5.41) is 0. The Hall–Kier alpha value is -2.20. The van der Waals surface area contributed by atoms with E-state index in [1.807, 2.05) is 60.7 Å². The topological polar surface area (TPSA) is 34.1 Å². The maximum atomic E-state index is 13.8. The Morgan fingerprint density at radius 2 is 0.867 bits per heavy atom. The zero-order valence-electron chi connectivity index (χ0n) is 15.9. The molecule has 0 aromatic heterocycles. The zero-order chi connectivity index (χ0) is 20.5. The van der Waals surface area contributed by atoms with E-state index in [9.17, 15) is 9.59 Å². The van der Waals surface area contributed by atoms with Crippen molar-refractivity contribution in [3.8, 4) is 0 Å². The van der Waals surface area contributed by atoms with Gasteiger partial charge in [-0.2, -0.15) is 0 Å². The third-order valence-electron chi connectivity index (χ3n) is 4.94. The van der Waals surface area contributed by atoms with Crippen LogP contribution in [0.3, 0.4) is 0 Å². The first-order valence-electron chi connectivity index (χ1n) is 9.53. The molecule has 4 aromatic carbocycles. The van der Waals surface area contributed by atoms with Gasteiger partial charge in [-0.3, -0.25) is 0 Å². The van der Waals surface area contributed by atoms with Crippen molar-refractivity contribution in [3.05, 3.63) is 119 Å². The molecule has 2 nitrogen and oxygen atoms in total. The number of ketones is 2. The predicted octanol–water partition coefficient (Wildman–Crippen LogP) is 1.77. The van der Waals surface area contributed by atoms with E-state index in [0.29, 0.717) is 22.3 Å². The third kappa shape index (κ3) is 3.66. The fourth-order valence-electron chi connectivity index (χ4n) is 3.58. The molecule has 1 aliphatic rings. The monoisotopic (exact) mass is 620 g/mol. The van der Waals surface area contributed by atoms with Crippen LogP contribution in [-0.4, -0.2) is 53.4 Å². The molecule has 0 saturated heterocycles. The van der Waals surface area contributed by atoms with E-state index in [2.05, 4.69) is 24.3 Å². The van der Waals surface area contributed by atoms with Crippen molar-refractivity contribution in [2.45, 2.75) is 0 Å². The summed E-state index contributed by atoms with van der Waals surface area (Å²) in [6, 6.07) is 32.1. The summed E-state index contributed by atoms with van der Waals surface area (Å²) in [6.07, 6.45) is 0. The van der Waals surface area contributed by atoms with Crippen molar-refractivity contribution in [2.75, 3.05) is 0 Å². The standard InChI is InChI=1S/C26H16O2Te2/c27-25-19-13-7-15-21(29-17-9-3-1-4-10-17)23(19)26(28)24-20(25)14-8-16-22(24)30-18-11-5-2-6-12-18/h1-16H. The van der Waals surface area contributed by atoms with Crippen LogP contribution in [0.2, 0.25) is 0 Å². The normalized spacial score (nSPS) is 12.4. The van der Waals surface area contributed by atoms with E-state index in [1.165, 1.54) is 7.22 Å². The molecule has 0 saturated carbocycles. The minimum absolute atomic E-state index is 0.0212. The summed E-state index contributed by atoms with van der Waals surface area (Å²) in [5.74, 6) is -0.00258. The summed E-state index contributed by atoms with van der Waals surface area (Å²) in [4.78, 5) is 27.1. The Balaban J connectivity index is 1.62. The summed E-state index contributed by atoms with van der Waals surface area (Å²) in [5.41, 5.74) is 2.38. The Kier molecular flexibility index (Phi) is 5.60. The Morgan fingerprint density at radius 3 is 1.30 bits per heavy atom. The van der Waals surface area contributed by atoms with Gasteiger partial charge in [0.05, 0.1) is 0 Å². The number of rotatable bonds is 4. The second kappa shape index (κ2) is 8.50. The fraction of sp³-hybridized carbons (Fsp3) is 0. The summed E-state index contributed by atoms with van der Waals surface area (Å²) < 4.78 is 4.61. The van der Waals surface area contributed by atoms with Crippen LogP contribution in [0.1, 0.15) is 31.8 Å². The van der Waals surface area contributed by atoms with Gasteiger partial charge >= 0.3 is 197 Å². The van der Waals surface area contributed by atoms with Gasteiger partial charge in [-0.25, -0.2) is 0 Å². The number of carbonyl (C=O) groups is 2. The minimum atomic E-state index is -0.762. The molecule has 0 amide bonds. The van der Waals surface area contributed by atoms with Crippen molar-refractivity contribution in [1.82, 2.24) is 0 Å². The quantitative estimate of drug-likeness (QED) is 0.289. The molecular formula is C26H16O2Te2.